The molecule has 1 saturated heterocycles. The van der Waals surface area contributed by atoms with E-state index in [0.29, 0.717) is 5.56 Å². The molecule has 1 fully saturated rings. The Bertz CT molecular complexity index is 1050. The molecule has 2 bridgehead atoms. The summed E-state index contributed by atoms with van der Waals surface area (Å²) >= 11 is 0. The van der Waals surface area contributed by atoms with Crippen molar-refractivity contribution in [1.29, 1.82) is 0 Å². The largest absolute Gasteiger partial charge is 0.497 e. The number of nitrogens with zero attached hydrogens (tertiary/aromatic N) is 1. The molecule has 5 rings (SSSR count). The lowest BCUT2D eigenvalue weighted by Gasteiger charge is -2.40. The molecule has 2 aliphatic rings. The zero-order valence-corrected chi connectivity index (χ0v) is 16.2. The van der Waals surface area contributed by atoms with Gasteiger partial charge in [0.1, 0.15) is 5.75 Å². The molecular formula is C24H21NO4. The molecule has 2 aliphatic heterocycles. The van der Waals surface area contributed by atoms with Crippen LogP contribution in [-0.4, -0.2) is 26.1 Å². The van der Waals surface area contributed by atoms with E-state index in [1.807, 2.05) is 78.9 Å². The van der Waals surface area contributed by atoms with Gasteiger partial charge in [0.05, 0.1) is 13.2 Å². The molecule has 0 radical (unpaired) electrons. The van der Waals surface area contributed by atoms with E-state index in [4.69, 9.17) is 14.2 Å². The zero-order valence-electron chi connectivity index (χ0n) is 16.2. The molecule has 0 amide bonds. The lowest BCUT2D eigenvalue weighted by molar-refractivity contribution is -0.215. The summed E-state index contributed by atoms with van der Waals surface area (Å²) in [4.78, 5) is 15.4. The van der Waals surface area contributed by atoms with Crippen molar-refractivity contribution in [2.75, 3.05) is 19.1 Å². The Labute approximate surface area is 169 Å². The third-order valence-electron chi connectivity index (χ3n) is 5.73. The molecule has 3 aromatic rings. The predicted octanol–water partition coefficient (Wildman–Crippen LogP) is 4.29. The number of Topliss-reactive ketones (excluding diaryl/α,β-unsaturated/α-hetero) is 1. The first-order chi connectivity index (χ1) is 14.2. The standard InChI is InChI=1S/C24H21NO4/c1-27-18-14-12-17(13-15-18)25-21(16-8-4-3-5-9-16)23-22(26)19-10-6-7-11-20(19)24(25,28-2)29-23/h3-15,21,23H,1-2H3/t21-,23-,24-/m1/s1. The lowest BCUT2D eigenvalue weighted by Crippen LogP contribution is -2.46. The average molecular weight is 387 g/mol. The number of carbonyl (C=O) groups excluding carboxylic acids is 1. The van der Waals surface area contributed by atoms with Crippen LogP contribution in [0.15, 0.2) is 78.9 Å². The van der Waals surface area contributed by atoms with Crippen LogP contribution in [0.25, 0.3) is 0 Å². The van der Waals surface area contributed by atoms with Crippen molar-refractivity contribution >= 4 is 11.5 Å². The van der Waals surface area contributed by atoms with Crippen LogP contribution >= 0.6 is 0 Å². The summed E-state index contributed by atoms with van der Waals surface area (Å²) in [6.45, 7) is 0. The smallest absolute Gasteiger partial charge is 0.282 e. The Kier molecular flexibility index (Phi) is 4.15. The Morgan fingerprint density at radius 2 is 1.59 bits per heavy atom. The van der Waals surface area contributed by atoms with Gasteiger partial charge in [-0.1, -0.05) is 54.6 Å². The van der Waals surface area contributed by atoms with Crippen molar-refractivity contribution in [2.45, 2.75) is 18.1 Å². The van der Waals surface area contributed by atoms with Crippen LogP contribution in [0, 0.1) is 0 Å². The van der Waals surface area contributed by atoms with Gasteiger partial charge < -0.3 is 19.1 Å². The molecule has 2 heterocycles. The number of hydrogen-bond donors (Lipinski definition) is 0. The maximum Gasteiger partial charge on any atom is 0.282 e. The minimum Gasteiger partial charge on any atom is -0.497 e. The molecule has 3 aromatic carbocycles. The van der Waals surface area contributed by atoms with Crippen molar-refractivity contribution < 1.29 is 19.0 Å². The summed E-state index contributed by atoms with van der Waals surface area (Å²) in [7, 11) is 3.26. The van der Waals surface area contributed by atoms with Crippen molar-refractivity contribution in [3.63, 3.8) is 0 Å². The number of carbonyl (C=O) groups is 1. The van der Waals surface area contributed by atoms with Crippen LogP contribution in [0.1, 0.15) is 27.5 Å². The highest BCUT2D eigenvalue weighted by Gasteiger charge is 2.62. The fourth-order valence-corrected chi connectivity index (χ4v) is 4.43. The van der Waals surface area contributed by atoms with Gasteiger partial charge in [-0.2, -0.15) is 0 Å². The molecule has 0 unspecified atom stereocenters. The van der Waals surface area contributed by atoms with Gasteiger partial charge in [-0.3, -0.25) is 4.79 Å². The van der Waals surface area contributed by atoms with Gasteiger partial charge in [-0.15, -0.1) is 0 Å². The second kappa shape index (κ2) is 6.72. The molecule has 0 aliphatic carbocycles. The van der Waals surface area contributed by atoms with Crippen LogP contribution in [0.5, 0.6) is 5.75 Å². The van der Waals surface area contributed by atoms with Crippen LogP contribution in [0.4, 0.5) is 5.69 Å². The molecule has 146 valence electrons. The second-order valence-electron chi connectivity index (χ2n) is 7.16. The van der Waals surface area contributed by atoms with Crippen molar-refractivity contribution in [1.82, 2.24) is 0 Å². The number of benzene rings is 3. The van der Waals surface area contributed by atoms with Gasteiger partial charge >= 0.3 is 0 Å². The number of fused-ring (bicyclic) bond motifs is 4. The van der Waals surface area contributed by atoms with Crippen LogP contribution in [0.2, 0.25) is 0 Å². The van der Waals surface area contributed by atoms with Gasteiger partial charge in [0.25, 0.3) is 5.91 Å². The van der Waals surface area contributed by atoms with E-state index in [2.05, 4.69) is 4.90 Å². The van der Waals surface area contributed by atoms with Crippen LogP contribution in [-0.2, 0) is 15.4 Å². The maximum absolute atomic E-state index is 13.4. The summed E-state index contributed by atoms with van der Waals surface area (Å²) in [5.74, 6) is -0.459. The monoisotopic (exact) mass is 387 g/mol. The third kappa shape index (κ3) is 2.51. The molecule has 0 spiro atoms. The Hall–Kier alpha value is -3.15. The van der Waals surface area contributed by atoms with E-state index in [9.17, 15) is 4.79 Å². The van der Waals surface area contributed by atoms with E-state index in [-0.39, 0.29) is 11.8 Å². The topological polar surface area (TPSA) is 48.0 Å². The van der Waals surface area contributed by atoms with E-state index >= 15 is 0 Å². The first-order valence-corrected chi connectivity index (χ1v) is 9.54. The maximum atomic E-state index is 13.4. The minimum absolute atomic E-state index is 0.0295. The number of rotatable bonds is 4. The molecule has 0 N–H and O–H groups in total. The van der Waals surface area contributed by atoms with Gasteiger partial charge in [0, 0.05) is 23.9 Å². The van der Waals surface area contributed by atoms with Crippen LogP contribution in [0.3, 0.4) is 0 Å². The zero-order chi connectivity index (χ0) is 20.0. The normalized spacial score (nSPS) is 25.0. The SMILES string of the molecule is COc1ccc(N2[C@H](c3ccccc3)[C@H]3O[C@]2(OC)c2ccccc2C3=O)cc1. The quantitative estimate of drug-likeness (QED) is 0.668. The highest BCUT2D eigenvalue weighted by atomic mass is 16.7. The van der Waals surface area contributed by atoms with E-state index in [0.717, 1.165) is 22.6 Å². The van der Waals surface area contributed by atoms with Crippen molar-refractivity contribution in [3.8, 4) is 5.75 Å². The first-order valence-electron chi connectivity index (χ1n) is 9.54. The second-order valence-corrected chi connectivity index (χ2v) is 7.16. The van der Waals surface area contributed by atoms with Crippen LogP contribution < -0.4 is 9.64 Å². The van der Waals surface area contributed by atoms with Gasteiger partial charge in [-0.25, -0.2) is 0 Å². The number of anilines is 1. The molecule has 0 saturated carbocycles. The van der Waals surface area contributed by atoms with Gasteiger partial charge in [0.15, 0.2) is 11.9 Å². The molecule has 29 heavy (non-hydrogen) atoms. The molecule has 3 atom stereocenters. The fourth-order valence-electron chi connectivity index (χ4n) is 4.43. The lowest BCUT2D eigenvalue weighted by atomic mass is 9.93. The summed E-state index contributed by atoms with van der Waals surface area (Å²) in [5.41, 5.74) is 3.24. The summed E-state index contributed by atoms with van der Waals surface area (Å²) < 4.78 is 17.7. The highest BCUT2D eigenvalue weighted by molar-refractivity contribution is 6.04. The number of ketones is 1. The Balaban J connectivity index is 1.76. The Morgan fingerprint density at radius 3 is 2.28 bits per heavy atom. The third-order valence-corrected chi connectivity index (χ3v) is 5.73. The molecular weight excluding hydrogens is 366 g/mol. The van der Waals surface area contributed by atoms with Gasteiger partial charge in [0.2, 0.25) is 0 Å². The van der Waals surface area contributed by atoms with Crippen molar-refractivity contribution in [2.24, 2.45) is 0 Å². The van der Waals surface area contributed by atoms with Gasteiger partial charge in [-0.05, 0) is 29.8 Å². The molecule has 0 aromatic heterocycles. The number of hydrogen-bond acceptors (Lipinski definition) is 5. The highest BCUT2D eigenvalue weighted by Crippen LogP contribution is 2.54. The molecule has 5 heteroatoms. The average Bonchev–Trinajstić information content (AvgIpc) is 3.11. The van der Waals surface area contributed by atoms with E-state index in [1.165, 1.54) is 0 Å². The van der Waals surface area contributed by atoms with E-state index in [1.54, 1.807) is 14.2 Å². The van der Waals surface area contributed by atoms with E-state index < -0.39 is 12.0 Å². The molecule has 5 nitrogen and oxygen atoms in total. The summed E-state index contributed by atoms with van der Waals surface area (Å²) in [5, 5.41) is 0. The number of ether oxygens (including phenoxy) is 3. The minimum atomic E-state index is -1.19. The fraction of sp³-hybridized carbons (Fsp3) is 0.208. The summed E-state index contributed by atoms with van der Waals surface area (Å²) in [6.07, 6.45) is -0.672. The first kappa shape index (κ1) is 17.9. The van der Waals surface area contributed by atoms with Crippen molar-refractivity contribution in [3.05, 3.63) is 95.6 Å². The Morgan fingerprint density at radius 1 is 0.897 bits per heavy atom. The summed E-state index contributed by atoms with van der Waals surface area (Å²) in [6, 6.07) is 24.9. The predicted molar refractivity (Wildman–Crippen MR) is 109 cm³/mol. The number of methoxy groups -OCH3 is 2.